The van der Waals surface area contributed by atoms with Gasteiger partial charge in [-0.25, -0.2) is 4.79 Å². The third-order valence-corrected chi connectivity index (χ3v) is 7.38. The van der Waals surface area contributed by atoms with E-state index in [0.717, 1.165) is 32.1 Å². The normalized spacial score (nSPS) is 12.2. The number of ether oxygens (including phenoxy) is 2. The molecule has 0 aliphatic heterocycles. The second-order valence-electron chi connectivity index (χ2n) is 12.9. The van der Waals surface area contributed by atoms with Crippen molar-refractivity contribution >= 4 is 17.8 Å². The molecule has 7 nitrogen and oxygen atoms in total. The number of nitrogens with one attached hydrogen (secondary N) is 1. The van der Waals surface area contributed by atoms with Crippen LogP contribution in [0.2, 0.25) is 0 Å². The van der Waals surface area contributed by atoms with E-state index in [0.29, 0.717) is 17.7 Å². The number of hydrogen-bond acceptors (Lipinski definition) is 5. The average molecular weight is 584 g/mol. The molecule has 242 valence electrons. The number of hydrogen-bond donors (Lipinski definition) is 1. The molecule has 0 saturated carbocycles. The second kappa shape index (κ2) is 27.2. The van der Waals surface area contributed by atoms with Gasteiger partial charge in [0.2, 0.25) is 0 Å². The number of amides is 1. The number of carbonyl (C=O) groups excluding carboxylic acids is 3. The second-order valence-corrected chi connectivity index (χ2v) is 12.9. The van der Waals surface area contributed by atoms with Crippen LogP contribution < -0.4 is 5.32 Å². The van der Waals surface area contributed by atoms with Crippen LogP contribution >= 0.6 is 0 Å². The Morgan fingerprint density at radius 3 is 1.39 bits per heavy atom. The predicted molar refractivity (Wildman–Crippen MR) is 170 cm³/mol. The lowest BCUT2D eigenvalue weighted by Crippen LogP contribution is -2.49. The SMILES string of the molecule is CCCCCCCCCCCCOC(=O)CC[C@H](NC(=O)C[N+](C)(C)C)C(=O)OCCCCCCCCCCCC. The van der Waals surface area contributed by atoms with Crippen molar-refractivity contribution in [3.63, 3.8) is 0 Å². The first-order valence-electron chi connectivity index (χ1n) is 17.1. The molecule has 0 bridgehead atoms. The Morgan fingerprint density at radius 2 is 0.976 bits per heavy atom. The van der Waals surface area contributed by atoms with Gasteiger partial charge in [0.15, 0.2) is 6.54 Å². The van der Waals surface area contributed by atoms with Gasteiger partial charge in [-0.15, -0.1) is 0 Å². The summed E-state index contributed by atoms with van der Waals surface area (Å²) >= 11 is 0. The highest BCUT2D eigenvalue weighted by molar-refractivity contribution is 5.85. The lowest BCUT2D eigenvalue weighted by Gasteiger charge is -2.24. The molecule has 1 amide bonds. The topological polar surface area (TPSA) is 81.7 Å². The van der Waals surface area contributed by atoms with Crippen LogP contribution in [0.4, 0.5) is 0 Å². The fourth-order valence-corrected chi connectivity index (χ4v) is 4.89. The standard InChI is InChI=1S/C34H66N2O5/c1-6-8-10-12-14-16-18-20-22-24-28-40-33(38)27-26-31(35-32(37)30-36(3,4)5)34(39)41-29-25-23-21-19-17-15-13-11-9-7-2/h31H,6-30H2,1-5H3/p+1/t31-/m0/s1. The first kappa shape index (κ1) is 39.4. The van der Waals surface area contributed by atoms with Crippen molar-refractivity contribution in [2.45, 2.75) is 161 Å². The summed E-state index contributed by atoms with van der Waals surface area (Å²) in [5, 5.41) is 2.79. The maximum absolute atomic E-state index is 12.8. The van der Waals surface area contributed by atoms with Crippen LogP contribution in [-0.4, -0.2) is 69.3 Å². The van der Waals surface area contributed by atoms with Gasteiger partial charge in [0.1, 0.15) is 6.04 Å². The van der Waals surface area contributed by atoms with Crippen LogP contribution in [0, 0.1) is 0 Å². The van der Waals surface area contributed by atoms with E-state index in [1.165, 1.54) is 96.3 Å². The van der Waals surface area contributed by atoms with Crippen molar-refractivity contribution < 1.29 is 28.3 Å². The molecule has 0 aromatic rings. The Kier molecular flexibility index (Phi) is 26.1. The number of unbranched alkanes of at least 4 members (excludes halogenated alkanes) is 18. The number of quaternary nitrogens is 1. The molecule has 1 N–H and O–H groups in total. The van der Waals surface area contributed by atoms with Gasteiger partial charge < -0.3 is 19.3 Å². The number of nitrogens with zero attached hydrogens (tertiary/aromatic N) is 1. The molecule has 0 aliphatic rings. The zero-order chi connectivity index (χ0) is 30.6. The van der Waals surface area contributed by atoms with Crippen LogP contribution in [0.25, 0.3) is 0 Å². The molecular weight excluding hydrogens is 516 g/mol. The van der Waals surface area contributed by atoms with Gasteiger partial charge in [-0.1, -0.05) is 129 Å². The minimum atomic E-state index is -0.831. The van der Waals surface area contributed by atoms with Crippen LogP contribution in [0.15, 0.2) is 0 Å². The van der Waals surface area contributed by atoms with Gasteiger partial charge >= 0.3 is 11.9 Å². The number of carbonyl (C=O) groups is 3. The van der Waals surface area contributed by atoms with Crippen LogP contribution in [-0.2, 0) is 23.9 Å². The Labute approximate surface area is 253 Å². The third-order valence-electron chi connectivity index (χ3n) is 7.38. The van der Waals surface area contributed by atoms with E-state index < -0.39 is 12.0 Å². The van der Waals surface area contributed by atoms with Crippen molar-refractivity contribution in [3.8, 4) is 0 Å². The first-order valence-corrected chi connectivity index (χ1v) is 17.1. The third kappa shape index (κ3) is 28.3. The quantitative estimate of drug-likeness (QED) is 0.0550. The molecule has 0 unspecified atom stereocenters. The number of likely N-dealkylation sites (N-methyl/N-ethyl adjacent to an activating group) is 1. The zero-order valence-corrected chi connectivity index (χ0v) is 27.7. The highest BCUT2D eigenvalue weighted by Gasteiger charge is 2.26. The fourth-order valence-electron chi connectivity index (χ4n) is 4.89. The molecule has 0 heterocycles. The first-order chi connectivity index (χ1) is 19.7. The maximum atomic E-state index is 12.8. The molecule has 0 rings (SSSR count). The Morgan fingerprint density at radius 1 is 0.585 bits per heavy atom. The lowest BCUT2D eigenvalue weighted by molar-refractivity contribution is -0.862. The zero-order valence-electron chi connectivity index (χ0n) is 27.7. The summed E-state index contributed by atoms with van der Waals surface area (Å²) in [6, 6.07) is -0.831. The average Bonchev–Trinajstić information content (AvgIpc) is 2.91. The highest BCUT2D eigenvalue weighted by Crippen LogP contribution is 2.12. The molecule has 1 atom stereocenters. The van der Waals surface area contributed by atoms with E-state index in [1.807, 2.05) is 21.1 Å². The minimum Gasteiger partial charge on any atom is -0.466 e. The summed E-state index contributed by atoms with van der Waals surface area (Å²) in [5.41, 5.74) is 0. The molecule has 0 aromatic carbocycles. The largest absolute Gasteiger partial charge is 0.466 e. The van der Waals surface area contributed by atoms with Crippen molar-refractivity contribution in [2.75, 3.05) is 40.9 Å². The molecule has 0 spiro atoms. The fraction of sp³-hybridized carbons (Fsp3) is 0.912. The van der Waals surface area contributed by atoms with Gasteiger partial charge in [0.25, 0.3) is 5.91 Å². The smallest absolute Gasteiger partial charge is 0.328 e. The van der Waals surface area contributed by atoms with Gasteiger partial charge in [0.05, 0.1) is 34.4 Å². The molecule has 7 heteroatoms. The van der Waals surface area contributed by atoms with E-state index in [-0.39, 0.29) is 31.3 Å². The Bertz CT molecular complexity index is 648. The predicted octanol–water partition coefficient (Wildman–Crippen LogP) is 7.89. The van der Waals surface area contributed by atoms with Crippen LogP contribution in [0.1, 0.15) is 155 Å². The summed E-state index contributed by atoms with van der Waals surface area (Å²) in [4.78, 5) is 37.6. The summed E-state index contributed by atoms with van der Waals surface area (Å²) in [5.74, 6) is -1.01. The number of esters is 2. The van der Waals surface area contributed by atoms with E-state index >= 15 is 0 Å². The highest BCUT2D eigenvalue weighted by atomic mass is 16.5. The molecule has 0 aliphatic carbocycles. The van der Waals surface area contributed by atoms with Crippen molar-refractivity contribution in [3.05, 3.63) is 0 Å². The summed E-state index contributed by atoms with van der Waals surface area (Å²) in [6.07, 6.45) is 24.7. The van der Waals surface area contributed by atoms with Crippen molar-refractivity contribution in [1.82, 2.24) is 5.32 Å². The lowest BCUT2D eigenvalue weighted by atomic mass is 10.1. The van der Waals surface area contributed by atoms with Crippen molar-refractivity contribution in [2.24, 2.45) is 0 Å². The van der Waals surface area contributed by atoms with E-state index in [2.05, 4.69) is 19.2 Å². The Balaban J connectivity index is 4.23. The number of rotatable bonds is 29. The van der Waals surface area contributed by atoms with Crippen LogP contribution in [0.3, 0.4) is 0 Å². The molecule has 0 saturated heterocycles. The van der Waals surface area contributed by atoms with E-state index in [9.17, 15) is 14.4 Å². The van der Waals surface area contributed by atoms with Crippen LogP contribution in [0.5, 0.6) is 0 Å². The molecule has 0 aromatic heterocycles. The summed E-state index contributed by atoms with van der Waals surface area (Å²) in [7, 11) is 5.76. The van der Waals surface area contributed by atoms with E-state index in [1.54, 1.807) is 0 Å². The van der Waals surface area contributed by atoms with E-state index in [4.69, 9.17) is 9.47 Å². The minimum absolute atomic E-state index is 0.0838. The monoisotopic (exact) mass is 584 g/mol. The summed E-state index contributed by atoms with van der Waals surface area (Å²) in [6.45, 7) is 5.48. The van der Waals surface area contributed by atoms with Gasteiger partial charge in [-0.3, -0.25) is 9.59 Å². The van der Waals surface area contributed by atoms with Gasteiger partial charge in [0, 0.05) is 6.42 Å². The maximum Gasteiger partial charge on any atom is 0.328 e. The molecular formula is C34H67N2O5+. The van der Waals surface area contributed by atoms with Crippen molar-refractivity contribution in [1.29, 1.82) is 0 Å². The Hall–Kier alpha value is -1.63. The van der Waals surface area contributed by atoms with Gasteiger partial charge in [-0.2, -0.15) is 0 Å². The molecule has 41 heavy (non-hydrogen) atoms. The summed E-state index contributed by atoms with van der Waals surface area (Å²) < 4.78 is 11.3. The van der Waals surface area contributed by atoms with Gasteiger partial charge in [-0.05, 0) is 19.3 Å². The molecule has 0 fully saturated rings. The molecule has 0 radical (unpaired) electrons.